The van der Waals surface area contributed by atoms with Gasteiger partial charge in [0.1, 0.15) is 16.4 Å². The van der Waals surface area contributed by atoms with E-state index in [0.29, 0.717) is 0 Å². The molecule has 1 aromatic rings. The van der Waals surface area contributed by atoms with E-state index in [1.807, 2.05) is 0 Å². The van der Waals surface area contributed by atoms with Crippen molar-refractivity contribution >= 4 is 15.8 Å². The maximum absolute atomic E-state index is 11.6. The fourth-order valence-corrected chi connectivity index (χ4v) is 2.70. The van der Waals surface area contributed by atoms with Crippen LogP contribution in [0.1, 0.15) is 0 Å². The maximum Gasteiger partial charge on any atom is 0.361 e. The Labute approximate surface area is 84.6 Å². The van der Waals surface area contributed by atoms with E-state index in [0.717, 1.165) is 6.07 Å². The second kappa shape index (κ2) is 2.86. The highest BCUT2D eigenvalue weighted by Gasteiger charge is 2.44. The minimum absolute atomic E-state index is 0.0554. The first-order valence-electron chi connectivity index (χ1n) is 3.89. The van der Waals surface area contributed by atoms with Gasteiger partial charge >= 0.3 is 5.97 Å². The van der Waals surface area contributed by atoms with Gasteiger partial charge in [-0.15, -0.1) is 0 Å². The van der Waals surface area contributed by atoms with Gasteiger partial charge in [0.2, 0.25) is 9.84 Å². The third-order valence-corrected chi connectivity index (χ3v) is 3.74. The summed E-state index contributed by atoms with van der Waals surface area (Å²) >= 11 is 0. The molecule has 1 atom stereocenters. The van der Waals surface area contributed by atoms with Gasteiger partial charge in [0, 0.05) is 6.07 Å². The van der Waals surface area contributed by atoms with Crippen molar-refractivity contribution < 1.29 is 28.2 Å². The molecule has 0 amide bonds. The molecular weight excluding hydrogens is 224 g/mol. The first kappa shape index (κ1) is 9.78. The van der Waals surface area contributed by atoms with Crippen molar-refractivity contribution in [3.63, 3.8) is 0 Å². The smallest absolute Gasteiger partial charge is 0.361 e. The van der Waals surface area contributed by atoms with Gasteiger partial charge in [-0.05, 0) is 12.1 Å². The Hall–Kier alpha value is -1.76. The highest BCUT2D eigenvalue weighted by molar-refractivity contribution is 7.93. The van der Waals surface area contributed by atoms with E-state index in [-0.39, 0.29) is 16.4 Å². The van der Waals surface area contributed by atoms with Crippen LogP contribution in [0.4, 0.5) is 0 Å². The van der Waals surface area contributed by atoms with Crippen molar-refractivity contribution in [3.05, 3.63) is 18.2 Å². The minimum atomic E-state index is -4.05. The molecule has 0 radical (unpaired) electrons. The first-order chi connectivity index (χ1) is 6.93. The number of rotatable bonds is 1. The number of phenols is 1. The van der Waals surface area contributed by atoms with E-state index in [9.17, 15) is 13.2 Å². The number of carbonyl (C=O) groups is 1. The number of ether oxygens (including phenoxy) is 1. The molecule has 2 N–H and O–H groups in total. The molecule has 1 aromatic carbocycles. The Morgan fingerprint density at radius 1 is 1.40 bits per heavy atom. The molecule has 0 aromatic heterocycles. The average Bonchev–Trinajstić information content (AvgIpc) is 2.39. The fourth-order valence-electron chi connectivity index (χ4n) is 1.29. The summed E-state index contributed by atoms with van der Waals surface area (Å²) in [5, 5.41) is 17.7. The van der Waals surface area contributed by atoms with Crippen LogP contribution in [0.2, 0.25) is 0 Å². The average molecular weight is 230 g/mol. The number of aliphatic carboxylic acids is 1. The zero-order valence-electron chi connectivity index (χ0n) is 7.25. The third kappa shape index (κ3) is 1.32. The Morgan fingerprint density at radius 2 is 2.07 bits per heavy atom. The van der Waals surface area contributed by atoms with Gasteiger partial charge in [0.05, 0.1) is 0 Å². The summed E-state index contributed by atoms with van der Waals surface area (Å²) in [6.45, 7) is 0. The normalized spacial score (nSPS) is 21.7. The number of carboxylic acid groups (broad SMARTS) is 1. The molecule has 80 valence electrons. The molecule has 1 heterocycles. The van der Waals surface area contributed by atoms with Crippen LogP contribution in [0.3, 0.4) is 0 Å². The van der Waals surface area contributed by atoms with E-state index >= 15 is 0 Å². The van der Waals surface area contributed by atoms with Gasteiger partial charge in [-0.2, -0.15) is 0 Å². The molecule has 15 heavy (non-hydrogen) atoms. The quantitative estimate of drug-likeness (QED) is 0.702. The fraction of sp³-hybridized carbons (Fsp3) is 0.125. The standard InChI is InChI=1S/C8H6O6S/c9-4-1-2-5-6(3-4)15(12,13)8(14-5)7(10)11/h1-3,8-9H,(H,10,11). The number of benzene rings is 1. The molecule has 1 aliphatic heterocycles. The van der Waals surface area contributed by atoms with Crippen LogP contribution in [-0.2, 0) is 14.6 Å². The van der Waals surface area contributed by atoms with Crippen LogP contribution in [0.5, 0.6) is 11.5 Å². The highest BCUT2D eigenvalue weighted by Crippen LogP contribution is 2.37. The van der Waals surface area contributed by atoms with Crippen molar-refractivity contribution in [2.75, 3.05) is 0 Å². The van der Waals surface area contributed by atoms with Gasteiger partial charge in [-0.25, -0.2) is 13.2 Å². The van der Waals surface area contributed by atoms with Crippen molar-refractivity contribution in [1.29, 1.82) is 0 Å². The summed E-state index contributed by atoms with van der Waals surface area (Å²) in [5.74, 6) is -1.89. The molecule has 1 unspecified atom stereocenters. The molecule has 0 saturated carbocycles. The van der Waals surface area contributed by atoms with Gasteiger partial charge in [-0.3, -0.25) is 0 Å². The van der Waals surface area contributed by atoms with Gasteiger partial charge in [0.25, 0.3) is 5.44 Å². The number of sulfone groups is 1. The number of carboxylic acids is 1. The van der Waals surface area contributed by atoms with Gasteiger partial charge in [0.15, 0.2) is 0 Å². The molecule has 0 saturated heterocycles. The summed E-state index contributed by atoms with van der Waals surface area (Å²) in [6, 6.07) is 3.40. The first-order valence-corrected chi connectivity index (χ1v) is 5.44. The lowest BCUT2D eigenvalue weighted by Gasteiger charge is -2.02. The van der Waals surface area contributed by atoms with Crippen molar-refractivity contribution in [2.24, 2.45) is 0 Å². The third-order valence-electron chi connectivity index (χ3n) is 1.95. The predicted octanol–water partition coefficient (Wildman–Crippen LogP) is -0.0310. The van der Waals surface area contributed by atoms with Crippen molar-refractivity contribution in [2.45, 2.75) is 10.3 Å². The predicted molar refractivity (Wildman–Crippen MR) is 47.3 cm³/mol. The Kier molecular flexibility index (Phi) is 1.87. The lowest BCUT2D eigenvalue weighted by Crippen LogP contribution is -2.30. The Bertz CT molecular complexity index is 532. The SMILES string of the molecule is O=C(O)C1Oc2ccc(O)cc2S1(=O)=O. The van der Waals surface area contributed by atoms with E-state index in [1.54, 1.807) is 0 Å². The molecule has 0 bridgehead atoms. The molecule has 0 aliphatic carbocycles. The van der Waals surface area contributed by atoms with Crippen LogP contribution >= 0.6 is 0 Å². The number of fused-ring (bicyclic) bond motifs is 1. The molecule has 0 fully saturated rings. The van der Waals surface area contributed by atoms with E-state index in [1.165, 1.54) is 12.1 Å². The Morgan fingerprint density at radius 3 is 2.67 bits per heavy atom. The van der Waals surface area contributed by atoms with Gasteiger partial charge in [-0.1, -0.05) is 0 Å². The summed E-state index contributed by atoms with van der Waals surface area (Å²) in [4.78, 5) is 10.3. The molecule has 7 heteroatoms. The summed E-state index contributed by atoms with van der Waals surface area (Å²) in [5.41, 5.74) is -1.92. The number of phenolic OH excluding ortho intramolecular Hbond substituents is 1. The second-order valence-electron chi connectivity index (χ2n) is 2.96. The lowest BCUT2D eigenvalue weighted by molar-refractivity contribution is -0.140. The van der Waals surface area contributed by atoms with Crippen molar-refractivity contribution in [1.82, 2.24) is 0 Å². The monoisotopic (exact) mass is 230 g/mol. The summed E-state index contributed by atoms with van der Waals surface area (Å²) < 4.78 is 27.9. The van der Waals surface area contributed by atoms with Gasteiger partial charge < -0.3 is 14.9 Å². The molecule has 0 spiro atoms. The van der Waals surface area contributed by atoms with Crippen LogP contribution in [0, 0.1) is 0 Å². The summed E-state index contributed by atoms with van der Waals surface area (Å²) in [7, 11) is -4.05. The Balaban J connectivity index is 2.64. The van der Waals surface area contributed by atoms with Crippen LogP contribution in [-0.4, -0.2) is 30.0 Å². The van der Waals surface area contributed by atoms with Crippen LogP contribution in [0.25, 0.3) is 0 Å². The molecule has 2 rings (SSSR count). The lowest BCUT2D eigenvalue weighted by atomic mass is 10.3. The largest absolute Gasteiger partial charge is 0.508 e. The number of hydrogen-bond donors (Lipinski definition) is 2. The highest BCUT2D eigenvalue weighted by atomic mass is 32.2. The van der Waals surface area contributed by atoms with Crippen molar-refractivity contribution in [3.8, 4) is 11.5 Å². The van der Waals surface area contributed by atoms with Crippen LogP contribution in [0.15, 0.2) is 23.1 Å². The zero-order valence-corrected chi connectivity index (χ0v) is 8.06. The number of aromatic hydroxyl groups is 1. The maximum atomic E-state index is 11.6. The second-order valence-corrected chi connectivity index (χ2v) is 4.92. The zero-order chi connectivity index (χ0) is 11.2. The van der Waals surface area contributed by atoms with E-state index in [2.05, 4.69) is 0 Å². The summed E-state index contributed by atoms with van der Waals surface area (Å²) in [6.07, 6.45) is 0. The molecule has 1 aliphatic rings. The topological polar surface area (TPSA) is 101 Å². The minimum Gasteiger partial charge on any atom is -0.508 e. The molecule has 6 nitrogen and oxygen atoms in total. The van der Waals surface area contributed by atoms with E-state index < -0.39 is 21.2 Å². The molecular formula is C8H6O6S. The van der Waals surface area contributed by atoms with Crippen LogP contribution < -0.4 is 4.74 Å². The number of hydrogen-bond acceptors (Lipinski definition) is 5. The van der Waals surface area contributed by atoms with E-state index in [4.69, 9.17) is 14.9 Å².